The number of hydrogen-bond acceptors (Lipinski definition) is 5. The van der Waals surface area contributed by atoms with Crippen molar-refractivity contribution in [1.29, 1.82) is 0 Å². The average Bonchev–Trinajstić information content (AvgIpc) is 2.74. The smallest absolute Gasteiger partial charge is 0.321 e. The van der Waals surface area contributed by atoms with Gasteiger partial charge >= 0.3 is 6.01 Å². The molecule has 3 heterocycles. The Morgan fingerprint density at radius 1 is 1.33 bits per heavy atom. The molecule has 0 spiro atoms. The first kappa shape index (κ1) is 9.15. The van der Waals surface area contributed by atoms with Crippen LogP contribution in [0.15, 0.2) is 4.52 Å². The number of nitrogens with zero attached hydrogens (tertiary/aromatic N) is 2. The van der Waals surface area contributed by atoms with Crippen molar-refractivity contribution >= 4 is 6.01 Å². The van der Waals surface area contributed by atoms with Crippen LogP contribution in [0.25, 0.3) is 0 Å². The van der Waals surface area contributed by atoms with Gasteiger partial charge in [-0.3, -0.25) is 0 Å². The molecule has 2 N–H and O–H groups in total. The summed E-state index contributed by atoms with van der Waals surface area (Å²) in [4.78, 5) is 4.17. The fraction of sp³-hybridized carbons (Fsp3) is 0.800. The maximum Gasteiger partial charge on any atom is 0.321 e. The van der Waals surface area contributed by atoms with Gasteiger partial charge in [-0.05, 0) is 32.6 Å². The molecule has 1 aromatic rings. The van der Waals surface area contributed by atoms with Crippen LogP contribution in [0.4, 0.5) is 6.01 Å². The monoisotopic (exact) mass is 208 g/mol. The van der Waals surface area contributed by atoms with E-state index < -0.39 is 0 Å². The molecule has 5 nitrogen and oxygen atoms in total. The molecule has 2 saturated heterocycles. The predicted molar refractivity (Wildman–Crippen MR) is 55.6 cm³/mol. The molecule has 2 aliphatic heterocycles. The second-order valence-corrected chi connectivity index (χ2v) is 4.60. The number of hydrogen-bond donors (Lipinski definition) is 2. The van der Waals surface area contributed by atoms with Crippen LogP contribution in [0, 0.1) is 6.92 Å². The Bertz CT molecular complexity index is 339. The second kappa shape index (κ2) is 3.48. The minimum Gasteiger partial charge on any atom is -0.335 e. The molecule has 2 bridgehead atoms. The fourth-order valence-corrected chi connectivity index (χ4v) is 2.71. The molecule has 0 aliphatic carbocycles. The molecule has 0 radical (unpaired) electrons. The molecule has 0 saturated carbocycles. The predicted octanol–water partition coefficient (Wildman–Crippen LogP) is 1.07. The van der Waals surface area contributed by atoms with Gasteiger partial charge in [-0.25, -0.2) is 0 Å². The Morgan fingerprint density at radius 2 is 2.07 bits per heavy atom. The quantitative estimate of drug-likeness (QED) is 0.761. The highest BCUT2D eigenvalue weighted by atomic mass is 16.5. The lowest BCUT2D eigenvalue weighted by Crippen LogP contribution is -2.43. The first-order valence-corrected chi connectivity index (χ1v) is 5.62. The largest absolute Gasteiger partial charge is 0.335 e. The zero-order valence-electron chi connectivity index (χ0n) is 8.86. The van der Waals surface area contributed by atoms with E-state index in [-0.39, 0.29) is 0 Å². The molecule has 0 aromatic carbocycles. The number of anilines is 1. The van der Waals surface area contributed by atoms with Crippen molar-refractivity contribution in [2.45, 2.75) is 50.7 Å². The van der Waals surface area contributed by atoms with E-state index in [1.54, 1.807) is 0 Å². The number of piperidine rings is 1. The van der Waals surface area contributed by atoms with Crippen molar-refractivity contribution in [3.8, 4) is 0 Å². The molecule has 2 unspecified atom stereocenters. The van der Waals surface area contributed by atoms with Crippen LogP contribution in [0.2, 0.25) is 0 Å². The lowest BCUT2D eigenvalue weighted by Gasteiger charge is -2.28. The van der Waals surface area contributed by atoms with Crippen LogP contribution in [0.5, 0.6) is 0 Å². The Hall–Kier alpha value is -1.10. The van der Waals surface area contributed by atoms with E-state index in [0.29, 0.717) is 30.0 Å². The zero-order chi connectivity index (χ0) is 10.3. The summed E-state index contributed by atoms with van der Waals surface area (Å²) in [6.45, 7) is 1.83. The summed E-state index contributed by atoms with van der Waals surface area (Å²) in [5, 5.41) is 10.7. The Labute approximate surface area is 88.6 Å². The van der Waals surface area contributed by atoms with E-state index in [1.165, 1.54) is 12.8 Å². The van der Waals surface area contributed by atoms with Crippen LogP contribution in [0.3, 0.4) is 0 Å². The van der Waals surface area contributed by atoms with E-state index in [1.807, 2.05) is 6.92 Å². The van der Waals surface area contributed by atoms with Crippen molar-refractivity contribution in [1.82, 2.24) is 15.5 Å². The van der Waals surface area contributed by atoms with Gasteiger partial charge in [-0.15, -0.1) is 0 Å². The Balaban J connectivity index is 1.64. The van der Waals surface area contributed by atoms with Crippen molar-refractivity contribution in [3.05, 3.63) is 5.82 Å². The maximum atomic E-state index is 5.07. The fourth-order valence-electron chi connectivity index (χ4n) is 2.71. The highest BCUT2D eigenvalue weighted by Crippen LogP contribution is 2.28. The van der Waals surface area contributed by atoms with Crippen LogP contribution in [-0.4, -0.2) is 28.3 Å². The maximum absolute atomic E-state index is 5.07. The van der Waals surface area contributed by atoms with E-state index in [4.69, 9.17) is 4.52 Å². The molecular formula is C10H16N4O. The molecule has 2 fully saturated rings. The van der Waals surface area contributed by atoms with Gasteiger partial charge in [0, 0.05) is 18.1 Å². The van der Waals surface area contributed by atoms with Gasteiger partial charge in [0.1, 0.15) is 0 Å². The summed E-state index contributed by atoms with van der Waals surface area (Å²) in [6, 6.07) is 2.43. The van der Waals surface area contributed by atoms with Gasteiger partial charge in [0.2, 0.25) is 0 Å². The van der Waals surface area contributed by atoms with Crippen molar-refractivity contribution in [3.63, 3.8) is 0 Å². The van der Waals surface area contributed by atoms with Gasteiger partial charge < -0.3 is 15.2 Å². The van der Waals surface area contributed by atoms with E-state index in [2.05, 4.69) is 20.8 Å². The van der Waals surface area contributed by atoms with Gasteiger partial charge in [0.15, 0.2) is 5.82 Å². The van der Waals surface area contributed by atoms with Gasteiger partial charge in [0.25, 0.3) is 0 Å². The minimum atomic E-state index is 0.489. The van der Waals surface area contributed by atoms with Crippen LogP contribution in [0.1, 0.15) is 31.5 Å². The highest BCUT2D eigenvalue weighted by Gasteiger charge is 2.33. The number of nitrogens with one attached hydrogen (secondary N) is 2. The van der Waals surface area contributed by atoms with E-state index in [9.17, 15) is 0 Å². The third kappa shape index (κ3) is 1.84. The van der Waals surface area contributed by atoms with Gasteiger partial charge in [-0.2, -0.15) is 4.98 Å². The summed E-state index contributed by atoms with van der Waals surface area (Å²) in [6.07, 6.45) is 4.95. The second-order valence-electron chi connectivity index (χ2n) is 4.60. The SMILES string of the molecule is Cc1noc(NC2CC3CCC(C2)N3)n1. The van der Waals surface area contributed by atoms with E-state index in [0.717, 1.165) is 12.8 Å². The lowest BCUT2D eigenvalue weighted by molar-refractivity contribution is 0.363. The van der Waals surface area contributed by atoms with Gasteiger partial charge in [-0.1, -0.05) is 5.16 Å². The van der Waals surface area contributed by atoms with Gasteiger partial charge in [0.05, 0.1) is 0 Å². The standard InChI is InChI=1S/C10H16N4O/c1-6-11-10(15-14-6)13-9-4-7-2-3-8(5-9)12-7/h7-9,12H,2-5H2,1H3,(H,11,13,14). The number of fused-ring (bicyclic) bond motifs is 2. The molecule has 2 aliphatic rings. The first-order chi connectivity index (χ1) is 7.29. The summed E-state index contributed by atoms with van der Waals surface area (Å²) in [7, 11) is 0. The lowest BCUT2D eigenvalue weighted by atomic mass is 10.0. The molecule has 0 amide bonds. The summed E-state index contributed by atoms with van der Waals surface area (Å²) in [5.74, 6) is 0.689. The molecule has 2 atom stereocenters. The molecular weight excluding hydrogens is 192 g/mol. The van der Waals surface area contributed by atoms with Crippen LogP contribution < -0.4 is 10.6 Å². The first-order valence-electron chi connectivity index (χ1n) is 5.62. The zero-order valence-corrected chi connectivity index (χ0v) is 8.86. The summed E-state index contributed by atoms with van der Waals surface area (Å²) < 4.78 is 5.07. The third-order valence-corrected chi connectivity index (χ3v) is 3.33. The molecule has 15 heavy (non-hydrogen) atoms. The average molecular weight is 208 g/mol. The van der Waals surface area contributed by atoms with Crippen LogP contribution in [-0.2, 0) is 0 Å². The molecule has 5 heteroatoms. The molecule has 1 aromatic heterocycles. The summed E-state index contributed by atoms with van der Waals surface area (Å²) in [5.41, 5.74) is 0. The van der Waals surface area contributed by atoms with Crippen molar-refractivity contribution in [2.24, 2.45) is 0 Å². The molecule has 82 valence electrons. The highest BCUT2D eigenvalue weighted by molar-refractivity contribution is 5.21. The Kier molecular flexibility index (Phi) is 2.12. The summed E-state index contributed by atoms with van der Waals surface area (Å²) >= 11 is 0. The topological polar surface area (TPSA) is 63.0 Å². The van der Waals surface area contributed by atoms with Crippen molar-refractivity contribution < 1.29 is 4.52 Å². The number of rotatable bonds is 2. The minimum absolute atomic E-state index is 0.489. The van der Waals surface area contributed by atoms with Crippen molar-refractivity contribution in [2.75, 3.05) is 5.32 Å². The number of aryl methyl sites for hydroxylation is 1. The normalized spacial score (nSPS) is 34.3. The Morgan fingerprint density at radius 3 is 2.67 bits per heavy atom. The molecule has 3 rings (SSSR count). The number of aromatic nitrogens is 2. The third-order valence-electron chi connectivity index (χ3n) is 3.33. The van der Waals surface area contributed by atoms with E-state index >= 15 is 0 Å². The van der Waals surface area contributed by atoms with Crippen LogP contribution >= 0.6 is 0 Å².